The Kier molecular flexibility index (Phi) is 4.44. The fourth-order valence-electron chi connectivity index (χ4n) is 1.93. The van der Waals surface area contributed by atoms with Crippen LogP contribution in [0.3, 0.4) is 0 Å². The van der Waals surface area contributed by atoms with Crippen LogP contribution in [0.4, 0.5) is 11.4 Å². The normalized spacial score (nSPS) is 21.6. The number of alkyl halides is 2. The summed E-state index contributed by atoms with van der Waals surface area (Å²) in [7, 11) is -2.85. The summed E-state index contributed by atoms with van der Waals surface area (Å²) in [4.78, 5) is 0. The van der Waals surface area contributed by atoms with Gasteiger partial charge in [-0.25, -0.2) is 4.67 Å². The van der Waals surface area contributed by atoms with Crippen molar-refractivity contribution >= 4 is 42.2 Å². The minimum Gasteiger partial charge on any atom is -0.306 e. The maximum atomic E-state index is 12.8. The lowest BCUT2D eigenvalue weighted by atomic mass is 10.2. The molecule has 1 aromatic carbocycles. The summed E-state index contributed by atoms with van der Waals surface area (Å²) < 4.78 is 14.6. The second kappa shape index (κ2) is 5.70. The van der Waals surface area contributed by atoms with Gasteiger partial charge in [-0.3, -0.25) is 4.57 Å². The van der Waals surface area contributed by atoms with Gasteiger partial charge in [0.05, 0.1) is 11.4 Å². The Hall–Kier alpha value is -0.410. The molecular weight excluding hydrogens is 292 g/mol. The number of hydrogen-bond donors (Lipinski definition) is 2. The van der Waals surface area contributed by atoms with E-state index in [1.807, 2.05) is 25.1 Å². The molecule has 1 aliphatic rings. The predicted octanol–water partition coefficient (Wildman–Crippen LogP) is 3.72. The minimum atomic E-state index is -2.85. The molecule has 1 heterocycles. The largest absolute Gasteiger partial charge is 0.330 e. The number of aryl methyl sites for hydroxylation is 1. The number of nitrogens with one attached hydrogen (secondary N) is 2. The molecule has 18 heavy (non-hydrogen) atoms. The Morgan fingerprint density at radius 2 is 1.78 bits per heavy atom. The van der Waals surface area contributed by atoms with E-state index in [4.69, 9.17) is 23.2 Å². The summed E-state index contributed by atoms with van der Waals surface area (Å²) in [6.45, 7) is 3.05. The second-order valence-corrected chi connectivity index (χ2v) is 7.10. The molecule has 0 unspecified atom stereocenters. The molecule has 0 saturated carbocycles. The van der Waals surface area contributed by atoms with Gasteiger partial charge in [0, 0.05) is 24.8 Å². The first-order valence-electron chi connectivity index (χ1n) is 5.73. The summed E-state index contributed by atoms with van der Waals surface area (Å²) in [5, 5.41) is 6.14. The molecule has 0 saturated heterocycles. The first-order valence-corrected chi connectivity index (χ1v) is 8.46. The summed E-state index contributed by atoms with van der Waals surface area (Å²) in [6, 6.07) is 5.88. The van der Waals surface area contributed by atoms with Crippen molar-refractivity contribution in [1.29, 1.82) is 0 Å². The van der Waals surface area contributed by atoms with Crippen LogP contribution in [-0.2, 0) is 4.57 Å². The maximum Gasteiger partial charge on any atom is 0.330 e. The molecule has 2 rings (SSSR count). The molecule has 1 aliphatic heterocycles. The van der Waals surface area contributed by atoms with Crippen molar-refractivity contribution in [3.63, 3.8) is 0 Å². The molecule has 7 heteroatoms. The first kappa shape index (κ1) is 14.0. The molecule has 4 nitrogen and oxygen atoms in total. The van der Waals surface area contributed by atoms with Gasteiger partial charge in [0.1, 0.15) is 0 Å². The van der Waals surface area contributed by atoms with Crippen LogP contribution < -0.4 is 10.2 Å². The zero-order chi connectivity index (χ0) is 13.2. The predicted molar refractivity (Wildman–Crippen MR) is 79.0 cm³/mol. The first-order chi connectivity index (χ1) is 8.59. The quantitative estimate of drug-likeness (QED) is 0.643. The van der Waals surface area contributed by atoms with E-state index in [1.54, 1.807) is 4.67 Å². The molecule has 2 N–H and O–H groups in total. The van der Waals surface area contributed by atoms with E-state index in [0.29, 0.717) is 24.8 Å². The zero-order valence-electron chi connectivity index (χ0n) is 10.1. The molecule has 0 bridgehead atoms. The van der Waals surface area contributed by atoms with Gasteiger partial charge in [-0.05, 0) is 24.6 Å². The van der Waals surface area contributed by atoms with Gasteiger partial charge in [-0.15, -0.1) is 23.2 Å². The van der Waals surface area contributed by atoms with E-state index < -0.39 is 7.59 Å². The number of nitrogens with zero attached hydrogens (tertiary/aromatic N) is 1. The lowest BCUT2D eigenvalue weighted by Gasteiger charge is -2.27. The third kappa shape index (κ3) is 2.77. The molecule has 0 fully saturated rings. The maximum absolute atomic E-state index is 12.8. The third-order valence-corrected chi connectivity index (χ3v) is 5.43. The fourth-order valence-corrected chi connectivity index (χ4v) is 4.71. The number of benzene rings is 1. The highest BCUT2D eigenvalue weighted by Crippen LogP contribution is 2.56. The van der Waals surface area contributed by atoms with E-state index in [2.05, 4.69) is 10.2 Å². The van der Waals surface area contributed by atoms with Gasteiger partial charge < -0.3 is 10.2 Å². The number of hydrogen-bond acceptors (Lipinski definition) is 1. The lowest BCUT2D eigenvalue weighted by molar-refractivity contribution is 0.455. The number of halogens is 2. The Balaban J connectivity index is 2.22. The highest BCUT2D eigenvalue weighted by atomic mass is 35.5. The van der Waals surface area contributed by atoms with Crippen molar-refractivity contribution in [2.75, 3.05) is 35.0 Å². The van der Waals surface area contributed by atoms with Gasteiger partial charge in [0.25, 0.3) is 0 Å². The highest BCUT2D eigenvalue weighted by Gasteiger charge is 2.36. The monoisotopic (exact) mass is 307 g/mol. The van der Waals surface area contributed by atoms with Gasteiger partial charge in [-0.2, -0.15) is 0 Å². The van der Waals surface area contributed by atoms with Crippen LogP contribution in [0.1, 0.15) is 5.56 Å². The average molecular weight is 308 g/mol. The summed E-state index contributed by atoms with van der Waals surface area (Å²) in [6.07, 6.45) is 0. The van der Waals surface area contributed by atoms with Crippen LogP contribution in [0.5, 0.6) is 0 Å². The fraction of sp³-hybridized carbons (Fsp3) is 0.455. The van der Waals surface area contributed by atoms with Gasteiger partial charge in [-0.1, -0.05) is 6.07 Å². The summed E-state index contributed by atoms with van der Waals surface area (Å²) in [5.41, 5.74) is 2.85. The van der Waals surface area contributed by atoms with Crippen LogP contribution >= 0.6 is 30.8 Å². The topological polar surface area (TPSA) is 44.4 Å². The average Bonchev–Trinajstić information content (AvgIpc) is 2.65. The molecule has 0 radical (unpaired) electrons. The number of fused-ring (bicyclic) bond motifs is 1. The van der Waals surface area contributed by atoms with Gasteiger partial charge >= 0.3 is 7.59 Å². The highest BCUT2D eigenvalue weighted by molar-refractivity contribution is 7.65. The van der Waals surface area contributed by atoms with Crippen molar-refractivity contribution in [3.05, 3.63) is 23.8 Å². The lowest BCUT2D eigenvalue weighted by Crippen LogP contribution is -2.29. The second-order valence-electron chi connectivity index (χ2n) is 4.18. The third-order valence-electron chi connectivity index (χ3n) is 2.80. The minimum absolute atomic E-state index is 0.416. The number of rotatable bonds is 5. The van der Waals surface area contributed by atoms with E-state index in [-0.39, 0.29) is 0 Å². The standard InChI is InChI=1S/C11H16Cl2N3OP/c1-9-2-3-10-11(8-9)15-18(17,14-10)16(6-4-12)7-5-13/h2-3,8H,4-7H2,1H3,(H2,14,15,17)/t18-/m0/s1. The van der Waals surface area contributed by atoms with Crippen LogP contribution in [0, 0.1) is 6.92 Å². The van der Waals surface area contributed by atoms with E-state index >= 15 is 0 Å². The molecule has 0 aromatic heterocycles. The molecule has 0 aliphatic carbocycles. The van der Waals surface area contributed by atoms with E-state index in [1.165, 1.54) is 0 Å². The zero-order valence-corrected chi connectivity index (χ0v) is 12.5. The number of anilines is 2. The Labute approximate surface area is 117 Å². The molecular formula is C11H16Cl2N3OP. The molecule has 0 spiro atoms. The Morgan fingerprint density at radius 1 is 1.17 bits per heavy atom. The molecule has 1 aromatic rings. The van der Waals surface area contributed by atoms with Crippen LogP contribution in [0.25, 0.3) is 0 Å². The van der Waals surface area contributed by atoms with Crippen molar-refractivity contribution < 1.29 is 4.57 Å². The van der Waals surface area contributed by atoms with Crippen molar-refractivity contribution in [2.24, 2.45) is 0 Å². The molecule has 1 atom stereocenters. The Morgan fingerprint density at radius 3 is 2.39 bits per heavy atom. The smallest absolute Gasteiger partial charge is 0.306 e. The van der Waals surface area contributed by atoms with Crippen molar-refractivity contribution in [2.45, 2.75) is 6.92 Å². The summed E-state index contributed by atoms with van der Waals surface area (Å²) in [5.74, 6) is 0.833. The van der Waals surface area contributed by atoms with Crippen LogP contribution in [0.15, 0.2) is 18.2 Å². The van der Waals surface area contributed by atoms with Crippen LogP contribution in [-0.4, -0.2) is 29.5 Å². The Bertz CT molecular complexity index is 477. The van der Waals surface area contributed by atoms with Crippen molar-refractivity contribution in [1.82, 2.24) is 4.67 Å². The van der Waals surface area contributed by atoms with E-state index in [0.717, 1.165) is 16.9 Å². The van der Waals surface area contributed by atoms with Gasteiger partial charge in [0.2, 0.25) is 0 Å². The summed E-state index contributed by atoms with van der Waals surface area (Å²) >= 11 is 11.5. The van der Waals surface area contributed by atoms with Crippen LogP contribution in [0.2, 0.25) is 0 Å². The molecule has 100 valence electrons. The molecule has 0 amide bonds. The van der Waals surface area contributed by atoms with Crippen molar-refractivity contribution in [3.8, 4) is 0 Å². The van der Waals surface area contributed by atoms with Gasteiger partial charge in [0.15, 0.2) is 0 Å². The van der Waals surface area contributed by atoms with E-state index in [9.17, 15) is 4.57 Å². The SMILES string of the molecule is Cc1ccc2c(c1)N[P@](=O)(N(CCCl)CCCl)N2.